The molecule has 2 nitrogen and oxygen atoms in total. The van der Waals surface area contributed by atoms with Crippen LogP contribution in [0.3, 0.4) is 0 Å². The van der Waals surface area contributed by atoms with Gasteiger partial charge in [0.15, 0.2) is 0 Å². The Morgan fingerprint density at radius 2 is 0.886 bits per heavy atom. The van der Waals surface area contributed by atoms with Crippen LogP contribution in [0.2, 0.25) is 0 Å². The van der Waals surface area contributed by atoms with E-state index < -0.39 is 0 Å². The van der Waals surface area contributed by atoms with Crippen molar-refractivity contribution in [3.05, 3.63) is 145 Å². The SMILES string of the molecule is Cc1cc2c(-c3cnc4ccccc4c3)cccc2[cH-]1.Cc1cc2c(-c3cnc4ccccc4c3)cccc2[cH-]1.[Cl-].[Cl-].[Zr+2].[Zr+2]. The van der Waals surface area contributed by atoms with Gasteiger partial charge in [-0.2, -0.15) is 12.1 Å². The molecule has 0 aliphatic carbocycles. The Kier molecular flexibility index (Phi) is 12.6. The number of aryl methyl sites for hydroxylation is 2. The van der Waals surface area contributed by atoms with E-state index in [1.807, 2.05) is 36.7 Å². The molecule has 0 N–H and O–H groups in total. The molecule has 0 bridgehead atoms. The van der Waals surface area contributed by atoms with E-state index >= 15 is 0 Å². The predicted molar refractivity (Wildman–Crippen MR) is 170 cm³/mol. The van der Waals surface area contributed by atoms with E-state index in [4.69, 9.17) is 0 Å². The zero-order valence-electron chi connectivity index (χ0n) is 24.4. The molecule has 0 aliphatic rings. The Hall–Kier alpha value is -2.73. The third kappa shape index (κ3) is 7.22. The summed E-state index contributed by atoms with van der Waals surface area (Å²) >= 11 is 0. The number of pyridine rings is 2. The van der Waals surface area contributed by atoms with Gasteiger partial charge in [0.2, 0.25) is 0 Å². The van der Waals surface area contributed by atoms with E-state index in [1.165, 1.54) is 65.7 Å². The van der Waals surface area contributed by atoms with Gasteiger partial charge in [-0.05, 0) is 35.4 Å². The van der Waals surface area contributed by atoms with Crippen LogP contribution < -0.4 is 24.8 Å². The number of fused-ring (bicyclic) bond motifs is 4. The van der Waals surface area contributed by atoms with E-state index in [-0.39, 0.29) is 77.2 Å². The van der Waals surface area contributed by atoms with Gasteiger partial charge in [0.05, 0.1) is 11.0 Å². The standard InChI is InChI=1S/2C19H14N.2ClH.2Zr/c2*1-13-9-14-6-4-7-17(18(14)10-13)16-11-15-5-2-3-8-19(15)20-12-16;;;;/h2*2-12H,1H3;2*1H;;/q2*-1;;;2*+2/p-2. The summed E-state index contributed by atoms with van der Waals surface area (Å²) in [7, 11) is 0. The number of rotatable bonds is 2. The van der Waals surface area contributed by atoms with Crippen molar-refractivity contribution in [2.75, 3.05) is 0 Å². The predicted octanol–water partition coefficient (Wildman–Crippen LogP) is 4.17. The second-order valence-corrected chi connectivity index (χ2v) is 10.5. The van der Waals surface area contributed by atoms with Crippen LogP contribution in [0.1, 0.15) is 11.1 Å². The zero-order chi connectivity index (χ0) is 27.1. The second-order valence-electron chi connectivity index (χ2n) is 10.5. The quantitative estimate of drug-likeness (QED) is 0.248. The molecule has 0 amide bonds. The molecule has 0 saturated heterocycles. The van der Waals surface area contributed by atoms with Crippen LogP contribution in [0.15, 0.2) is 134 Å². The van der Waals surface area contributed by atoms with E-state index in [0.29, 0.717) is 0 Å². The van der Waals surface area contributed by atoms with E-state index in [9.17, 15) is 0 Å². The molecule has 2 aromatic heterocycles. The third-order valence-corrected chi connectivity index (χ3v) is 7.59. The van der Waals surface area contributed by atoms with Crippen molar-refractivity contribution in [1.29, 1.82) is 0 Å². The molecule has 6 aromatic carbocycles. The number of benzene rings is 4. The molecule has 0 unspecified atom stereocenters. The van der Waals surface area contributed by atoms with Crippen molar-refractivity contribution in [3.63, 3.8) is 0 Å². The molecular formula is C38H28Cl2N2Zr2. The number of para-hydroxylation sites is 2. The molecule has 212 valence electrons. The molecule has 44 heavy (non-hydrogen) atoms. The van der Waals surface area contributed by atoms with Gasteiger partial charge in [-0.1, -0.05) is 73.5 Å². The molecule has 2 heterocycles. The Morgan fingerprint density at radius 3 is 1.32 bits per heavy atom. The molecule has 8 aromatic rings. The van der Waals surface area contributed by atoms with Crippen LogP contribution in [-0.2, 0) is 52.4 Å². The fourth-order valence-corrected chi connectivity index (χ4v) is 5.71. The van der Waals surface area contributed by atoms with Gasteiger partial charge in [-0.15, -0.1) is 69.1 Å². The summed E-state index contributed by atoms with van der Waals surface area (Å²) in [4.78, 5) is 9.14. The average Bonchev–Trinajstić information content (AvgIpc) is 3.57. The topological polar surface area (TPSA) is 25.8 Å². The van der Waals surface area contributed by atoms with Gasteiger partial charge < -0.3 is 24.8 Å². The van der Waals surface area contributed by atoms with E-state index in [2.05, 4.69) is 121 Å². The summed E-state index contributed by atoms with van der Waals surface area (Å²) in [5.41, 5.74) is 9.58. The molecule has 6 heteroatoms. The maximum Gasteiger partial charge on any atom is 2.00 e. The Bertz CT molecular complexity index is 2010. The smallest absolute Gasteiger partial charge is 1.00 e. The normalized spacial score (nSPS) is 10.2. The van der Waals surface area contributed by atoms with Crippen LogP contribution in [0.25, 0.3) is 65.6 Å². The monoisotopic (exact) mass is 762 g/mol. The van der Waals surface area contributed by atoms with Gasteiger partial charge in [-0.25, -0.2) is 0 Å². The van der Waals surface area contributed by atoms with Crippen LogP contribution >= 0.6 is 0 Å². The fraction of sp³-hybridized carbons (Fsp3) is 0.0526. The molecule has 0 fully saturated rings. The second kappa shape index (κ2) is 15.5. The number of halogens is 2. The van der Waals surface area contributed by atoms with Crippen LogP contribution in [0.4, 0.5) is 0 Å². The van der Waals surface area contributed by atoms with Crippen molar-refractivity contribution in [2.45, 2.75) is 13.8 Å². The maximum absolute atomic E-state index is 4.57. The minimum atomic E-state index is 0. The molecule has 0 aliphatic heterocycles. The van der Waals surface area contributed by atoms with Gasteiger partial charge in [0, 0.05) is 23.2 Å². The average molecular weight is 766 g/mol. The van der Waals surface area contributed by atoms with Crippen LogP contribution in [0, 0.1) is 13.8 Å². The number of hydrogen-bond donors (Lipinski definition) is 0. The Labute approximate surface area is 308 Å². The summed E-state index contributed by atoms with van der Waals surface area (Å²) < 4.78 is 0. The first-order valence-corrected chi connectivity index (χ1v) is 13.6. The molecular weight excluding hydrogens is 738 g/mol. The number of aromatic nitrogens is 2. The fourth-order valence-electron chi connectivity index (χ4n) is 5.71. The number of hydrogen-bond acceptors (Lipinski definition) is 2. The van der Waals surface area contributed by atoms with Crippen molar-refractivity contribution in [2.24, 2.45) is 0 Å². The summed E-state index contributed by atoms with van der Waals surface area (Å²) in [6, 6.07) is 42.8. The maximum atomic E-state index is 4.57. The summed E-state index contributed by atoms with van der Waals surface area (Å²) in [5, 5.41) is 7.58. The Balaban J connectivity index is 0.000000220. The molecule has 0 saturated carbocycles. The van der Waals surface area contributed by atoms with Crippen molar-refractivity contribution in [3.8, 4) is 22.3 Å². The van der Waals surface area contributed by atoms with Gasteiger partial charge in [-0.3, -0.25) is 9.97 Å². The largest absolute Gasteiger partial charge is 2.00 e. The van der Waals surface area contributed by atoms with Gasteiger partial charge in [0.25, 0.3) is 0 Å². The van der Waals surface area contributed by atoms with Crippen molar-refractivity contribution >= 4 is 43.4 Å². The first-order chi connectivity index (χ1) is 19.6. The van der Waals surface area contributed by atoms with E-state index in [0.717, 1.165) is 11.0 Å². The molecule has 0 atom stereocenters. The van der Waals surface area contributed by atoms with Gasteiger partial charge >= 0.3 is 52.4 Å². The summed E-state index contributed by atoms with van der Waals surface area (Å²) in [6.45, 7) is 4.28. The van der Waals surface area contributed by atoms with Crippen molar-refractivity contribution in [1.82, 2.24) is 9.97 Å². The minimum Gasteiger partial charge on any atom is -1.00 e. The first-order valence-electron chi connectivity index (χ1n) is 13.6. The van der Waals surface area contributed by atoms with Crippen LogP contribution in [-0.4, -0.2) is 9.97 Å². The third-order valence-electron chi connectivity index (χ3n) is 7.59. The first kappa shape index (κ1) is 35.7. The summed E-state index contributed by atoms with van der Waals surface area (Å²) in [5.74, 6) is 0. The number of nitrogens with zero attached hydrogens (tertiary/aromatic N) is 2. The minimum absolute atomic E-state index is 0. The Morgan fingerprint density at radius 1 is 0.477 bits per heavy atom. The van der Waals surface area contributed by atoms with Gasteiger partial charge in [0.1, 0.15) is 0 Å². The molecule has 0 radical (unpaired) electrons. The molecule has 0 spiro atoms. The van der Waals surface area contributed by atoms with Crippen LogP contribution in [0.5, 0.6) is 0 Å². The van der Waals surface area contributed by atoms with Crippen molar-refractivity contribution < 1.29 is 77.2 Å². The zero-order valence-corrected chi connectivity index (χ0v) is 30.8. The van der Waals surface area contributed by atoms with E-state index in [1.54, 1.807) is 0 Å². The molecule has 8 rings (SSSR count). The summed E-state index contributed by atoms with van der Waals surface area (Å²) in [6.07, 6.45) is 3.94.